The second kappa shape index (κ2) is 5.54. The molecule has 0 aliphatic carbocycles. The van der Waals surface area contributed by atoms with Gasteiger partial charge in [0.15, 0.2) is 11.6 Å². The summed E-state index contributed by atoms with van der Waals surface area (Å²) in [5.41, 5.74) is -0.0768. The van der Waals surface area contributed by atoms with E-state index in [4.69, 9.17) is 21.4 Å². The van der Waals surface area contributed by atoms with E-state index in [0.717, 1.165) is 6.20 Å². The van der Waals surface area contributed by atoms with Gasteiger partial charge in [0, 0.05) is 10.7 Å². The van der Waals surface area contributed by atoms with E-state index < -0.39 is 11.8 Å². The SMILES string of the molecule is O=C(O)c1cnc(Oc2cc(Br)ccc2F)c(Cl)c1. The normalized spacial score (nSPS) is 10.3. The molecule has 0 unspecified atom stereocenters. The molecule has 98 valence electrons. The summed E-state index contributed by atoms with van der Waals surface area (Å²) in [6.07, 6.45) is 1.08. The molecule has 4 nitrogen and oxygen atoms in total. The van der Waals surface area contributed by atoms with Gasteiger partial charge in [0.05, 0.1) is 5.56 Å². The number of aromatic nitrogens is 1. The van der Waals surface area contributed by atoms with Crippen molar-refractivity contribution >= 4 is 33.5 Å². The summed E-state index contributed by atoms with van der Waals surface area (Å²) >= 11 is 9.01. The van der Waals surface area contributed by atoms with Gasteiger partial charge in [-0.1, -0.05) is 27.5 Å². The lowest BCUT2D eigenvalue weighted by Crippen LogP contribution is -1.99. The molecule has 0 saturated carbocycles. The molecule has 1 N–H and O–H groups in total. The Hall–Kier alpha value is -1.66. The predicted molar refractivity (Wildman–Crippen MR) is 70.4 cm³/mol. The Kier molecular flexibility index (Phi) is 4.01. The largest absolute Gasteiger partial charge is 0.478 e. The lowest BCUT2D eigenvalue weighted by Gasteiger charge is -2.08. The Morgan fingerprint density at radius 1 is 1.42 bits per heavy atom. The zero-order valence-corrected chi connectivity index (χ0v) is 11.6. The number of carboxylic acid groups (broad SMARTS) is 1. The number of halogens is 3. The molecule has 0 bridgehead atoms. The summed E-state index contributed by atoms with van der Waals surface area (Å²) in [5, 5.41) is 8.75. The van der Waals surface area contributed by atoms with Gasteiger partial charge in [-0.3, -0.25) is 0 Å². The molecule has 0 amide bonds. The fourth-order valence-electron chi connectivity index (χ4n) is 1.28. The van der Waals surface area contributed by atoms with Gasteiger partial charge >= 0.3 is 5.97 Å². The lowest BCUT2D eigenvalue weighted by molar-refractivity contribution is 0.0696. The second-order valence-electron chi connectivity index (χ2n) is 3.49. The number of hydrogen-bond donors (Lipinski definition) is 1. The highest BCUT2D eigenvalue weighted by atomic mass is 79.9. The molecule has 0 aliphatic heterocycles. The summed E-state index contributed by atoms with van der Waals surface area (Å²) in [6, 6.07) is 5.34. The van der Waals surface area contributed by atoms with Crippen molar-refractivity contribution in [1.82, 2.24) is 4.98 Å². The van der Waals surface area contributed by atoms with E-state index in [1.54, 1.807) is 0 Å². The van der Waals surface area contributed by atoms with Crippen molar-refractivity contribution in [2.24, 2.45) is 0 Å². The van der Waals surface area contributed by atoms with Gasteiger partial charge in [-0.15, -0.1) is 0 Å². The van der Waals surface area contributed by atoms with Crippen molar-refractivity contribution in [2.75, 3.05) is 0 Å². The highest BCUT2D eigenvalue weighted by molar-refractivity contribution is 9.10. The van der Waals surface area contributed by atoms with Crippen LogP contribution in [0.4, 0.5) is 4.39 Å². The first-order chi connectivity index (χ1) is 8.97. The average molecular weight is 347 g/mol. The molecule has 1 aromatic carbocycles. The Morgan fingerprint density at radius 2 is 2.16 bits per heavy atom. The molecule has 0 saturated heterocycles. The summed E-state index contributed by atoms with van der Waals surface area (Å²) < 4.78 is 19.3. The summed E-state index contributed by atoms with van der Waals surface area (Å²) in [7, 11) is 0. The molecule has 0 spiro atoms. The van der Waals surface area contributed by atoms with Gasteiger partial charge < -0.3 is 9.84 Å². The summed E-state index contributed by atoms with van der Waals surface area (Å²) in [4.78, 5) is 14.5. The minimum absolute atomic E-state index is 0.0146. The van der Waals surface area contributed by atoms with Crippen molar-refractivity contribution in [3.63, 3.8) is 0 Å². The van der Waals surface area contributed by atoms with E-state index in [-0.39, 0.29) is 22.2 Å². The van der Waals surface area contributed by atoms with Gasteiger partial charge in [-0.05, 0) is 24.3 Å². The minimum atomic E-state index is -1.16. The van der Waals surface area contributed by atoms with Crippen molar-refractivity contribution < 1.29 is 19.0 Å². The van der Waals surface area contributed by atoms with E-state index in [1.165, 1.54) is 24.3 Å². The van der Waals surface area contributed by atoms with Gasteiger partial charge in [0.1, 0.15) is 5.02 Å². The molecule has 2 aromatic rings. The van der Waals surface area contributed by atoms with Crippen LogP contribution in [0.3, 0.4) is 0 Å². The first-order valence-electron chi connectivity index (χ1n) is 4.99. The molecular weight excluding hydrogens is 340 g/mol. The number of rotatable bonds is 3. The molecule has 1 heterocycles. The summed E-state index contributed by atoms with van der Waals surface area (Å²) in [6.45, 7) is 0. The molecule has 2 rings (SSSR count). The molecule has 0 atom stereocenters. The van der Waals surface area contributed by atoms with Crippen molar-refractivity contribution in [3.8, 4) is 11.6 Å². The maximum atomic E-state index is 13.5. The molecule has 0 aliphatic rings. The highest BCUT2D eigenvalue weighted by Gasteiger charge is 2.12. The van der Waals surface area contributed by atoms with Crippen LogP contribution in [0.15, 0.2) is 34.9 Å². The van der Waals surface area contributed by atoms with Crippen LogP contribution in [-0.2, 0) is 0 Å². The van der Waals surface area contributed by atoms with Crippen molar-refractivity contribution in [1.29, 1.82) is 0 Å². The van der Waals surface area contributed by atoms with Crippen LogP contribution >= 0.6 is 27.5 Å². The van der Waals surface area contributed by atoms with Gasteiger partial charge in [-0.25, -0.2) is 14.2 Å². The average Bonchev–Trinajstić information content (AvgIpc) is 2.36. The number of benzene rings is 1. The third-order valence-electron chi connectivity index (χ3n) is 2.15. The number of hydrogen-bond acceptors (Lipinski definition) is 3. The van der Waals surface area contributed by atoms with Gasteiger partial charge in [0.25, 0.3) is 0 Å². The number of aromatic carboxylic acids is 1. The molecule has 7 heteroatoms. The molecule has 19 heavy (non-hydrogen) atoms. The highest BCUT2D eigenvalue weighted by Crippen LogP contribution is 2.31. The number of ether oxygens (including phenoxy) is 1. The Labute approximate surface area is 120 Å². The van der Waals surface area contributed by atoms with E-state index in [1.807, 2.05) is 0 Å². The third-order valence-corrected chi connectivity index (χ3v) is 2.92. The van der Waals surface area contributed by atoms with Gasteiger partial charge in [-0.2, -0.15) is 0 Å². The van der Waals surface area contributed by atoms with E-state index in [0.29, 0.717) is 4.47 Å². The summed E-state index contributed by atoms with van der Waals surface area (Å²) in [5.74, 6) is -1.87. The van der Waals surface area contributed by atoms with Crippen LogP contribution in [0.1, 0.15) is 10.4 Å². The van der Waals surface area contributed by atoms with Crippen LogP contribution in [0.2, 0.25) is 5.02 Å². The van der Waals surface area contributed by atoms with E-state index in [9.17, 15) is 9.18 Å². The topological polar surface area (TPSA) is 59.4 Å². The van der Waals surface area contributed by atoms with Crippen LogP contribution in [0, 0.1) is 5.82 Å². The monoisotopic (exact) mass is 345 g/mol. The zero-order chi connectivity index (χ0) is 14.0. The minimum Gasteiger partial charge on any atom is -0.478 e. The van der Waals surface area contributed by atoms with Gasteiger partial charge in [0.2, 0.25) is 5.88 Å². The fourth-order valence-corrected chi connectivity index (χ4v) is 1.82. The molecule has 1 aromatic heterocycles. The third kappa shape index (κ3) is 3.21. The predicted octanol–water partition coefficient (Wildman–Crippen LogP) is 4.13. The Balaban J connectivity index is 2.33. The number of carboxylic acids is 1. The second-order valence-corrected chi connectivity index (χ2v) is 4.82. The molecule has 0 fully saturated rings. The number of pyridine rings is 1. The quantitative estimate of drug-likeness (QED) is 0.908. The van der Waals surface area contributed by atoms with Crippen LogP contribution in [0.5, 0.6) is 11.6 Å². The van der Waals surface area contributed by atoms with Crippen molar-refractivity contribution in [2.45, 2.75) is 0 Å². The first kappa shape index (κ1) is 13.8. The maximum Gasteiger partial charge on any atom is 0.337 e. The van der Waals surface area contributed by atoms with E-state index in [2.05, 4.69) is 20.9 Å². The molecular formula is C12H6BrClFNO3. The Bertz CT molecular complexity index is 651. The molecule has 0 radical (unpaired) electrons. The zero-order valence-electron chi connectivity index (χ0n) is 9.23. The fraction of sp³-hybridized carbons (Fsp3) is 0. The number of carbonyl (C=O) groups is 1. The maximum absolute atomic E-state index is 13.5. The smallest absolute Gasteiger partial charge is 0.337 e. The van der Waals surface area contributed by atoms with E-state index >= 15 is 0 Å². The lowest BCUT2D eigenvalue weighted by atomic mass is 10.3. The van der Waals surface area contributed by atoms with Crippen LogP contribution in [0.25, 0.3) is 0 Å². The first-order valence-corrected chi connectivity index (χ1v) is 6.16. The van der Waals surface area contributed by atoms with Crippen molar-refractivity contribution in [3.05, 3.63) is 51.3 Å². The number of nitrogens with zero attached hydrogens (tertiary/aromatic N) is 1. The standard InChI is InChI=1S/C12H6BrClFNO3/c13-7-1-2-9(15)10(4-7)19-11-8(14)3-6(5-16-11)12(17)18/h1-5H,(H,17,18). The Morgan fingerprint density at radius 3 is 2.79 bits per heavy atom. The van der Waals surface area contributed by atoms with Crippen LogP contribution in [-0.4, -0.2) is 16.1 Å². The van der Waals surface area contributed by atoms with Crippen LogP contribution < -0.4 is 4.74 Å².